The van der Waals surface area contributed by atoms with Crippen molar-refractivity contribution in [3.8, 4) is 0 Å². The SMILES string of the molecule is NC(=O)CCC(N)C(=O)NC(CC(=O)O)C(=O)NC(Cc1ccccc1)C(=O)NC(CCC(=O)O)C(=O)O. The molecule has 0 spiro atoms. The van der Waals surface area contributed by atoms with Crippen LogP contribution in [0.3, 0.4) is 0 Å². The van der Waals surface area contributed by atoms with Crippen LogP contribution in [0.1, 0.15) is 37.7 Å². The molecule has 4 amide bonds. The summed E-state index contributed by atoms with van der Waals surface area (Å²) in [6, 6.07) is 2.30. The Bertz CT molecular complexity index is 1030. The van der Waals surface area contributed by atoms with Crippen molar-refractivity contribution < 1.29 is 48.9 Å². The molecular formula is C23H31N5O10. The molecule has 1 aromatic carbocycles. The van der Waals surface area contributed by atoms with Gasteiger partial charge in [0.15, 0.2) is 0 Å². The molecule has 208 valence electrons. The summed E-state index contributed by atoms with van der Waals surface area (Å²) in [4.78, 5) is 82.9. The number of carboxylic acids is 3. The van der Waals surface area contributed by atoms with E-state index >= 15 is 0 Å². The molecular weight excluding hydrogens is 506 g/mol. The van der Waals surface area contributed by atoms with Gasteiger partial charge in [-0.2, -0.15) is 0 Å². The predicted octanol–water partition coefficient (Wildman–Crippen LogP) is -2.30. The Morgan fingerprint density at radius 3 is 1.79 bits per heavy atom. The van der Waals surface area contributed by atoms with Gasteiger partial charge in [0.1, 0.15) is 18.1 Å². The van der Waals surface area contributed by atoms with Gasteiger partial charge < -0.3 is 42.7 Å². The van der Waals surface area contributed by atoms with Crippen LogP contribution in [-0.4, -0.2) is 81.0 Å². The van der Waals surface area contributed by atoms with Crippen LogP contribution in [0.2, 0.25) is 0 Å². The number of carboxylic acid groups (broad SMARTS) is 3. The Kier molecular flexibility index (Phi) is 12.9. The summed E-state index contributed by atoms with van der Waals surface area (Å²) in [6.07, 6.45) is -2.38. The first-order valence-corrected chi connectivity index (χ1v) is 11.5. The summed E-state index contributed by atoms with van der Waals surface area (Å²) < 4.78 is 0. The van der Waals surface area contributed by atoms with E-state index in [-0.39, 0.29) is 19.3 Å². The molecule has 0 saturated heterocycles. The Hall–Kier alpha value is -4.53. The zero-order valence-electron chi connectivity index (χ0n) is 20.3. The largest absolute Gasteiger partial charge is 0.481 e. The average Bonchev–Trinajstić information content (AvgIpc) is 2.83. The molecule has 0 bridgehead atoms. The second-order valence-corrected chi connectivity index (χ2v) is 8.35. The molecule has 0 aliphatic heterocycles. The summed E-state index contributed by atoms with van der Waals surface area (Å²) in [5.41, 5.74) is 11.2. The number of rotatable bonds is 17. The Labute approximate surface area is 216 Å². The molecule has 10 N–H and O–H groups in total. The molecule has 15 heteroatoms. The van der Waals surface area contributed by atoms with Crippen LogP contribution in [-0.2, 0) is 40.0 Å². The number of hydrogen-bond acceptors (Lipinski definition) is 8. The minimum Gasteiger partial charge on any atom is -0.481 e. The lowest BCUT2D eigenvalue weighted by Crippen LogP contribution is -2.58. The van der Waals surface area contributed by atoms with E-state index in [4.69, 9.17) is 16.6 Å². The lowest BCUT2D eigenvalue weighted by molar-refractivity contribution is -0.144. The van der Waals surface area contributed by atoms with Crippen LogP contribution < -0.4 is 27.4 Å². The molecule has 1 rings (SSSR count). The maximum atomic E-state index is 13.0. The zero-order chi connectivity index (χ0) is 28.8. The third-order valence-corrected chi connectivity index (χ3v) is 5.23. The fourth-order valence-electron chi connectivity index (χ4n) is 3.22. The van der Waals surface area contributed by atoms with Crippen molar-refractivity contribution in [1.82, 2.24) is 16.0 Å². The number of nitrogens with two attached hydrogens (primary N) is 2. The van der Waals surface area contributed by atoms with Crippen LogP contribution in [0.5, 0.6) is 0 Å². The molecule has 0 aliphatic rings. The maximum absolute atomic E-state index is 13.0. The van der Waals surface area contributed by atoms with E-state index in [2.05, 4.69) is 16.0 Å². The highest BCUT2D eigenvalue weighted by molar-refractivity contribution is 5.95. The fourth-order valence-corrected chi connectivity index (χ4v) is 3.22. The highest BCUT2D eigenvalue weighted by Crippen LogP contribution is 2.07. The van der Waals surface area contributed by atoms with Crippen molar-refractivity contribution >= 4 is 41.5 Å². The lowest BCUT2D eigenvalue weighted by Gasteiger charge is -2.24. The Morgan fingerprint density at radius 2 is 1.26 bits per heavy atom. The van der Waals surface area contributed by atoms with Crippen molar-refractivity contribution in [3.63, 3.8) is 0 Å². The second kappa shape index (κ2) is 15.6. The predicted molar refractivity (Wildman–Crippen MR) is 129 cm³/mol. The monoisotopic (exact) mass is 537 g/mol. The first-order valence-electron chi connectivity index (χ1n) is 11.5. The van der Waals surface area contributed by atoms with Gasteiger partial charge in [-0.3, -0.25) is 28.8 Å². The molecule has 0 radical (unpaired) electrons. The van der Waals surface area contributed by atoms with Gasteiger partial charge in [-0.25, -0.2) is 4.79 Å². The van der Waals surface area contributed by atoms with E-state index in [1.807, 2.05) is 0 Å². The quantitative estimate of drug-likeness (QED) is 0.105. The molecule has 0 fully saturated rings. The fraction of sp³-hybridized carbons (Fsp3) is 0.435. The molecule has 0 aromatic heterocycles. The van der Waals surface area contributed by atoms with Gasteiger partial charge in [-0.15, -0.1) is 0 Å². The summed E-state index contributed by atoms with van der Waals surface area (Å²) in [7, 11) is 0. The minimum atomic E-state index is -1.67. The second-order valence-electron chi connectivity index (χ2n) is 8.35. The van der Waals surface area contributed by atoms with E-state index in [9.17, 15) is 43.8 Å². The molecule has 4 unspecified atom stereocenters. The van der Waals surface area contributed by atoms with Crippen molar-refractivity contribution in [1.29, 1.82) is 0 Å². The van der Waals surface area contributed by atoms with E-state index in [1.165, 1.54) is 0 Å². The third kappa shape index (κ3) is 11.9. The van der Waals surface area contributed by atoms with Crippen LogP contribution in [0, 0.1) is 0 Å². The number of carbonyl (C=O) groups is 7. The van der Waals surface area contributed by atoms with Crippen molar-refractivity contribution in [3.05, 3.63) is 35.9 Å². The molecule has 1 aromatic rings. The lowest BCUT2D eigenvalue weighted by atomic mass is 10.0. The number of primary amides is 1. The zero-order valence-corrected chi connectivity index (χ0v) is 20.3. The summed E-state index contributed by atoms with van der Waals surface area (Å²) >= 11 is 0. The van der Waals surface area contributed by atoms with E-state index in [0.29, 0.717) is 5.56 Å². The molecule has 0 aliphatic carbocycles. The number of hydrogen-bond donors (Lipinski definition) is 8. The maximum Gasteiger partial charge on any atom is 0.326 e. The summed E-state index contributed by atoms with van der Waals surface area (Å²) in [5.74, 6) is -7.93. The third-order valence-electron chi connectivity index (χ3n) is 5.23. The van der Waals surface area contributed by atoms with Gasteiger partial charge >= 0.3 is 17.9 Å². The normalized spacial score (nSPS) is 13.7. The van der Waals surface area contributed by atoms with Gasteiger partial charge in [-0.05, 0) is 18.4 Å². The number of benzene rings is 1. The van der Waals surface area contributed by atoms with Crippen LogP contribution in [0.4, 0.5) is 0 Å². The smallest absolute Gasteiger partial charge is 0.326 e. The van der Waals surface area contributed by atoms with Crippen molar-refractivity contribution in [2.75, 3.05) is 0 Å². The topological polar surface area (TPSA) is 268 Å². The van der Waals surface area contributed by atoms with Crippen molar-refractivity contribution in [2.24, 2.45) is 11.5 Å². The van der Waals surface area contributed by atoms with Gasteiger partial charge in [0.05, 0.1) is 12.5 Å². The Morgan fingerprint density at radius 1 is 0.711 bits per heavy atom. The van der Waals surface area contributed by atoms with Crippen LogP contribution in [0.15, 0.2) is 30.3 Å². The Balaban J connectivity index is 3.11. The standard InChI is InChI=1S/C23H31N5O10/c24-13(6-8-17(25)29)20(34)27-16(11-19(32)33)22(36)28-15(10-12-4-2-1-3-5-12)21(35)26-14(23(37)38)7-9-18(30)31/h1-5,13-16H,6-11,24H2,(H2,25,29)(H,26,35)(H,27,34)(H,28,36)(H,30,31)(H,32,33)(H,37,38). The number of amides is 4. The average molecular weight is 538 g/mol. The van der Waals surface area contributed by atoms with Gasteiger partial charge in [0.25, 0.3) is 0 Å². The summed E-state index contributed by atoms with van der Waals surface area (Å²) in [5, 5.41) is 34.1. The molecule has 4 atom stereocenters. The van der Waals surface area contributed by atoms with Crippen LogP contribution >= 0.6 is 0 Å². The number of carbonyl (C=O) groups excluding carboxylic acids is 4. The van der Waals surface area contributed by atoms with E-state index in [0.717, 1.165) is 0 Å². The number of aliphatic carboxylic acids is 3. The van der Waals surface area contributed by atoms with Gasteiger partial charge in [0, 0.05) is 19.3 Å². The highest BCUT2D eigenvalue weighted by Gasteiger charge is 2.31. The van der Waals surface area contributed by atoms with E-state index < -0.39 is 85.0 Å². The summed E-state index contributed by atoms with van der Waals surface area (Å²) in [6.45, 7) is 0. The molecule has 38 heavy (non-hydrogen) atoms. The van der Waals surface area contributed by atoms with Crippen molar-refractivity contribution in [2.45, 2.75) is 62.7 Å². The van der Waals surface area contributed by atoms with Gasteiger partial charge in [0.2, 0.25) is 23.6 Å². The first-order chi connectivity index (χ1) is 17.8. The molecule has 15 nitrogen and oxygen atoms in total. The van der Waals surface area contributed by atoms with Gasteiger partial charge in [-0.1, -0.05) is 30.3 Å². The minimum absolute atomic E-state index is 0.143. The number of nitrogens with one attached hydrogen (secondary N) is 3. The van der Waals surface area contributed by atoms with E-state index in [1.54, 1.807) is 30.3 Å². The van der Waals surface area contributed by atoms with Crippen LogP contribution in [0.25, 0.3) is 0 Å². The highest BCUT2D eigenvalue weighted by atomic mass is 16.4. The molecule has 0 saturated carbocycles. The first kappa shape index (κ1) is 31.5. The molecule has 0 heterocycles.